The minimum absolute atomic E-state index is 0.0545. The molecule has 1 aromatic carbocycles. The number of hydrogen-bond acceptors (Lipinski definition) is 4. The molecule has 1 amide bonds. The van der Waals surface area contributed by atoms with Crippen molar-refractivity contribution in [2.75, 3.05) is 11.1 Å². The number of carbonyl (C=O) groups is 1. The van der Waals surface area contributed by atoms with E-state index in [1.807, 2.05) is 13.0 Å². The van der Waals surface area contributed by atoms with Crippen LogP contribution in [0.25, 0.3) is 0 Å². The Morgan fingerprint density at radius 3 is 2.48 bits per heavy atom. The Kier molecular flexibility index (Phi) is 6.59. The van der Waals surface area contributed by atoms with Crippen LogP contribution in [-0.2, 0) is 17.6 Å². The Morgan fingerprint density at radius 1 is 1.17 bits per heavy atom. The third-order valence-corrected chi connectivity index (χ3v) is 4.55. The lowest BCUT2D eigenvalue weighted by atomic mass is 10.0. The summed E-state index contributed by atoms with van der Waals surface area (Å²) in [6, 6.07) is 8.14. The Morgan fingerprint density at radius 2 is 1.87 bits per heavy atom. The number of amides is 1. The van der Waals surface area contributed by atoms with Crippen LogP contribution in [0.15, 0.2) is 35.6 Å². The molecular weight excluding hydrogens is 306 g/mol. The molecule has 0 saturated heterocycles. The molecule has 5 heteroatoms. The van der Waals surface area contributed by atoms with Crippen molar-refractivity contribution in [1.29, 1.82) is 0 Å². The molecule has 1 N–H and O–H groups in total. The fraction of sp³-hybridized carbons (Fsp3) is 0.389. The molecule has 0 atom stereocenters. The quantitative estimate of drug-likeness (QED) is 0.615. The summed E-state index contributed by atoms with van der Waals surface area (Å²) in [6.07, 6.45) is 3.86. The molecule has 1 aromatic heterocycles. The Labute approximate surface area is 142 Å². The predicted molar refractivity (Wildman–Crippen MR) is 95.9 cm³/mol. The number of carbonyl (C=O) groups excluding carboxylic acids is 1. The SMILES string of the molecule is CCc1cccc(CC)c1NC(=O)CCSc1cc(C)ncn1. The van der Waals surface area contributed by atoms with E-state index >= 15 is 0 Å². The van der Waals surface area contributed by atoms with Gasteiger partial charge in [-0.25, -0.2) is 9.97 Å². The van der Waals surface area contributed by atoms with Crippen LogP contribution in [0.3, 0.4) is 0 Å². The van der Waals surface area contributed by atoms with Gasteiger partial charge in [0.25, 0.3) is 0 Å². The fourth-order valence-corrected chi connectivity index (χ4v) is 3.23. The van der Waals surface area contributed by atoms with Gasteiger partial charge in [-0.2, -0.15) is 0 Å². The zero-order valence-corrected chi connectivity index (χ0v) is 14.7. The number of hydrogen-bond donors (Lipinski definition) is 1. The van der Waals surface area contributed by atoms with E-state index in [4.69, 9.17) is 0 Å². The summed E-state index contributed by atoms with van der Waals surface area (Å²) in [5.41, 5.74) is 4.32. The van der Waals surface area contributed by atoms with Crippen molar-refractivity contribution in [2.24, 2.45) is 0 Å². The molecule has 0 radical (unpaired) electrons. The lowest BCUT2D eigenvalue weighted by Gasteiger charge is -2.14. The van der Waals surface area contributed by atoms with Crippen LogP contribution in [-0.4, -0.2) is 21.6 Å². The average molecular weight is 329 g/mol. The van der Waals surface area contributed by atoms with Gasteiger partial charge in [0.05, 0.1) is 5.03 Å². The first-order valence-electron chi connectivity index (χ1n) is 7.96. The summed E-state index contributed by atoms with van der Waals surface area (Å²) in [7, 11) is 0. The molecule has 122 valence electrons. The molecule has 0 saturated carbocycles. The lowest BCUT2D eigenvalue weighted by molar-refractivity contribution is -0.115. The van der Waals surface area contributed by atoms with Crippen molar-refractivity contribution < 1.29 is 4.79 Å². The van der Waals surface area contributed by atoms with Gasteiger partial charge >= 0.3 is 0 Å². The predicted octanol–water partition coefficient (Wildman–Crippen LogP) is 4.03. The van der Waals surface area contributed by atoms with Crippen molar-refractivity contribution >= 4 is 23.4 Å². The van der Waals surface area contributed by atoms with Gasteiger partial charge in [-0.05, 0) is 37.0 Å². The van der Waals surface area contributed by atoms with Crippen LogP contribution in [0, 0.1) is 6.92 Å². The summed E-state index contributed by atoms with van der Waals surface area (Å²) >= 11 is 1.58. The van der Waals surface area contributed by atoms with Gasteiger partial charge < -0.3 is 5.32 Å². The standard InChI is InChI=1S/C18H23N3OS/c1-4-14-7-6-8-15(5-2)18(14)21-16(22)9-10-23-17-11-13(3)19-12-20-17/h6-8,11-12H,4-5,9-10H2,1-3H3,(H,21,22). The van der Waals surface area contributed by atoms with Crippen molar-refractivity contribution in [3.63, 3.8) is 0 Å². The molecule has 0 bridgehead atoms. The van der Waals surface area contributed by atoms with E-state index in [1.165, 1.54) is 11.1 Å². The van der Waals surface area contributed by atoms with E-state index in [2.05, 4.69) is 47.3 Å². The highest BCUT2D eigenvalue weighted by Crippen LogP contribution is 2.23. The average Bonchev–Trinajstić information content (AvgIpc) is 2.55. The van der Waals surface area contributed by atoms with E-state index < -0.39 is 0 Å². The highest BCUT2D eigenvalue weighted by molar-refractivity contribution is 7.99. The van der Waals surface area contributed by atoms with Gasteiger partial charge in [0.2, 0.25) is 5.91 Å². The maximum atomic E-state index is 12.2. The first-order valence-corrected chi connectivity index (χ1v) is 8.94. The first kappa shape index (κ1) is 17.5. The van der Waals surface area contributed by atoms with Crippen LogP contribution in [0.1, 0.15) is 37.1 Å². The van der Waals surface area contributed by atoms with E-state index in [-0.39, 0.29) is 5.91 Å². The number of anilines is 1. The molecule has 2 rings (SSSR count). The molecule has 0 aliphatic heterocycles. The van der Waals surface area contributed by atoms with Gasteiger partial charge in [0.1, 0.15) is 6.33 Å². The van der Waals surface area contributed by atoms with Gasteiger partial charge in [-0.3, -0.25) is 4.79 Å². The monoisotopic (exact) mass is 329 g/mol. The van der Waals surface area contributed by atoms with Crippen molar-refractivity contribution in [3.8, 4) is 0 Å². The second-order valence-electron chi connectivity index (χ2n) is 5.30. The number of nitrogens with zero attached hydrogens (tertiary/aromatic N) is 2. The van der Waals surface area contributed by atoms with E-state index in [9.17, 15) is 4.79 Å². The van der Waals surface area contributed by atoms with Gasteiger partial charge in [-0.1, -0.05) is 32.0 Å². The van der Waals surface area contributed by atoms with Gasteiger partial charge in [0, 0.05) is 23.6 Å². The van der Waals surface area contributed by atoms with Crippen LogP contribution >= 0.6 is 11.8 Å². The molecule has 0 aliphatic rings. The zero-order chi connectivity index (χ0) is 16.7. The van der Waals surface area contributed by atoms with Gasteiger partial charge in [-0.15, -0.1) is 11.8 Å². The number of aromatic nitrogens is 2. The highest BCUT2D eigenvalue weighted by Gasteiger charge is 2.10. The zero-order valence-electron chi connectivity index (χ0n) is 13.9. The Bertz CT molecular complexity index is 651. The smallest absolute Gasteiger partial charge is 0.225 e. The van der Waals surface area contributed by atoms with Crippen molar-refractivity contribution in [1.82, 2.24) is 9.97 Å². The largest absolute Gasteiger partial charge is 0.326 e. The minimum Gasteiger partial charge on any atom is -0.326 e. The Balaban J connectivity index is 1.92. The molecule has 1 heterocycles. The van der Waals surface area contributed by atoms with Crippen LogP contribution < -0.4 is 5.32 Å². The van der Waals surface area contributed by atoms with Crippen LogP contribution in [0.4, 0.5) is 5.69 Å². The van der Waals surface area contributed by atoms with E-state index in [0.29, 0.717) is 12.2 Å². The third-order valence-electron chi connectivity index (χ3n) is 3.62. The molecule has 23 heavy (non-hydrogen) atoms. The molecule has 0 aliphatic carbocycles. The maximum Gasteiger partial charge on any atom is 0.225 e. The lowest BCUT2D eigenvalue weighted by Crippen LogP contribution is -2.15. The number of benzene rings is 1. The number of rotatable bonds is 7. The fourth-order valence-electron chi connectivity index (χ4n) is 2.36. The summed E-state index contributed by atoms with van der Waals surface area (Å²) in [5, 5.41) is 4.00. The van der Waals surface area contributed by atoms with Crippen molar-refractivity contribution in [3.05, 3.63) is 47.4 Å². The number of thioether (sulfide) groups is 1. The van der Waals surface area contributed by atoms with Gasteiger partial charge in [0.15, 0.2) is 0 Å². The van der Waals surface area contributed by atoms with Crippen LogP contribution in [0.5, 0.6) is 0 Å². The minimum atomic E-state index is 0.0545. The molecule has 4 nitrogen and oxygen atoms in total. The van der Waals surface area contributed by atoms with E-state index in [1.54, 1.807) is 18.1 Å². The molecular formula is C18H23N3OS. The molecule has 0 spiro atoms. The molecule has 2 aromatic rings. The third kappa shape index (κ3) is 5.06. The van der Waals surface area contributed by atoms with Crippen LogP contribution in [0.2, 0.25) is 0 Å². The van der Waals surface area contributed by atoms with Crippen molar-refractivity contribution in [2.45, 2.75) is 45.1 Å². The second-order valence-corrected chi connectivity index (χ2v) is 6.42. The van der Waals surface area contributed by atoms with E-state index in [0.717, 1.165) is 29.2 Å². The molecule has 0 unspecified atom stereocenters. The molecule has 0 fully saturated rings. The summed E-state index contributed by atoms with van der Waals surface area (Å²) in [6.45, 7) is 6.15. The Hall–Kier alpha value is -1.88. The summed E-state index contributed by atoms with van der Waals surface area (Å²) < 4.78 is 0. The number of aryl methyl sites for hydroxylation is 3. The maximum absolute atomic E-state index is 12.2. The summed E-state index contributed by atoms with van der Waals surface area (Å²) in [4.78, 5) is 20.5. The number of para-hydroxylation sites is 1. The number of nitrogens with one attached hydrogen (secondary N) is 1. The normalized spacial score (nSPS) is 10.6. The second kappa shape index (κ2) is 8.67. The first-order chi connectivity index (χ1) is 11.1. The topological polar surface area (TPSA) is 54.9 Å². The summed E-state index contributed by atoms with van der Waals surface area (Å²) in [5.74, 6) is 0.761. The highest BCUT2D eigenvalue weighted by atomic mass is 32.2.